The predicted octanol–water partition coefficient (Wildman–Crippen LogP) is 6.84. The van der Waals surface area contributed by atoms with E-state index in [1.165, 1.54) is 13.2 Å². The number of aryl methyl sites for hydroxylation is 1. The molecule has 2 aromatic carbocycles. The Labute approximate surface area is 226 Å². The molecule has 0 spiro atoms. The zero-order chi connectivity index (χ0) is 28.8. The monoisotopic (exact) mass is 524 g/mol. The van der Waals surface area contributed by atoms with Crippen LogP contribution in [0, 0.1) is 10.8 Å². The fourth-order valence-corrected chi connectivity index (χ4v) is 3.19. The Hall–Kier alpha value is -3.61. The number of carbonyl (C=O) groups excluding carboxylic acids is 3. The van der Waals surface area contributed by atoms with E-state index in [0.717, 1.165) is 5.56 Å². The molecule has 0 saturated carbocycles. The maximum Gasteiger partial charge on any atom is 0.316 e. The minimum Gasteiger partial charge on any atom is -0.490 e. The molecule has 0 aliphatic carbocycles. The van der Waals surface area contributed by atoms with Gasteiger partial charge >= 0.3 is 11.9 Å². The average molecular weight is 525 g/mol. The fraction of sp³-hybridized carbons (Fsp3) is 0.452. The number of benzene rings is 2. The lowest BCUT2D eigenvalue weighted by Gasteiger charge is -2.23. The van der Waals surface area contributed by atoms with Gasteiger partial charge in [0.2, 0.25) is 5.75 Å². The molecule has 0 aliphatic heterocycles. The predicted molar refractivity (Wildman–Crippen MR) is 148 cm³/mol. The molecule has 0 radical (unpaired) electrons. The first kappa shape index (κ1) is 30.6. The minimum atomic E-state index is -0.708. The van der Waals surface area contributed by atoms with E-state index >= 15 is 0 Å². The second kappa shape index (κ2) is 12.3. The van der Waals surface area contributed by atoms with Gasteiger partial charge in [0.25, 0.3) is 0 Å². The number of esters is 2. The van der Waals surface area contributed by atoms with Crippen molar-refractivity contribution >= 4 is 23.8 Å². The van der Waals surface area contributed by atoms with Gasteiger partial charge in [-0.15, -0.1) is 0 Å². The van der Waals surface area contributed by atoms with Crippen LogP contribution in [0.15, 0.2) is 36.4 Å². The van der Waals surface area contributed by atoms with Gasteiger partial charge in [-0.2, -0.15) is 0 Å². The Kier molecular flexibility index (Phi) is 9.90. The molecule has 2 aromatic rings. The molecule has 0 saturated heterocycles. The van der Waals surface area contributed by atoms with Gasteiger partial charge in [0.15, 0.2) is 17.3 Å². The molecule has 38 heavy (non-hydrogen) atoms. The lowest BCUT2D eigenvalue weighted by molar-refractivity contribution is -0.143. The van der Waals surface area contributed by atoms with Crippen molar-refractivity contribution in [1.29, 1.82) is 0 Å². The molecule has 7 nitrogen and oxygen atoms in total. The van der Waals surface area contributed by atoms with Crippen molar-refractivity contribution in [2.24, 2.45) is 10.8 Å². The van der Waals surface area contributed by atoms with Gasteiger partial charge in [-0.05, 0) is 110 Å². The Morgan fingerprint density at radius 1 is 0.842 bits per heavy atom. The van der Waals surface area contributed by atoms with Crippen LogP contribution >= 0.6 is 0 Å². The SMILES string of the molecule is CCc1cc(C=CC(=O)c2ccc(OC(=O)C(C)(C)C)cc2)c(OC(C)C)c(OC)c1OC(=O)C(C)(C)C. The zero-order valence-corrected chi connectivity index (χ0v) is 24.2. The molecular weight excluding hydrogens is 484 g/mol. The van der Waals surface area contributed by atoms with Crippen LogP contribution < -0.4 is 18.9 Å². The molecule has 206 valence electrons. The first-order chi connectivity index (χ1) is 17.6. The Morgan fingerprint density at radius 3 is 1.87 bits per heavy atom. The summed E-state index contributed by atoms with van der Waals surface area (Å²) < 4.78 is 22.9. The Morgan fingerprint density at radius 2 is 1.39 bits per heavy atom. The van der Waals surface area contributed by atoms with Crippen LogP contribution in [-0.4, -0.2) is 30.9 Å². The van der Waals surface area contributed by atoms with E-state index in [4.69, 9.17) is 18.9 Å². The zero-order valence-electron chi connectivity index (χ0n) is 24.2. The van der Waals surface area contributed by atoms with E-state index in [-0.39, 0.29) is 17.9 Å². The maximum absolute atomic E-state index is 12.9. The van der Waals surface area contributed by atoms with Crippen molar-refractivity contribution in [3.63, 3.8) is 0 Å². The highest BCUT2D eigenvalue weighted by Crippen LogP contribution is 2.45. The Balaban J connectivity index is 2.44. The Bertz CT molecular complexity index is 1190. The summed E-state index contributed by atoms with van der Waals surface area (Å²) in [6, 6.07) is 8.24. The normalized spacial score (nSPS) is 12.0. The number of allylic oxidation sites excluding steroid dienone is 1. The number of rotatable bonds is 9. The third-order valence-electron chi connectivity index (χ3n) is 5.42. The van der Waals surface area contributed by atoms with Gasteiger partial charge < -0.3 is 18.9 Å². The van der Waals surface area contributed by atoms with Gasteiger partial charge in [0, 0.05) is 11.1 Å². The van der Waals surface area contributed by atoms with Crippen molar-refractivity contribution in [2.45, 2.75) is 74.8 Å². The molecular formula is C31H40O7. The first-order valence-electron chi connectivity index (χ1n) is 12.8. The summed E-state index contributed by atoms with van der Waals surface area (Å²) in [6.45, 7) is 16.4. The summed E-state index contributed by atoms with van der Waals surface area (Å²) in [6.07, 6.45) is 3.46. The average Bonchev–Trinajstić information content (AvgIpc) is 2.82. The summed E-state index contributed by atoms with van der Waals surface area (Å²) in [4.78, 5) is 37.7. The topological polar surface area (TPSA) is 88.1 Å². The molecule has 0 atom stereocenters. The smallest absolute Gasteiger partial charge is 0.316 e. The molecule has 0 unspecified atom stereocenters. The minimum absolute atomic E-state index is 0.200. The second-order valence-electron chi connectivity index (χ2n) is 11.3. The summed E-state index contributed by atoms with van der Waals surface area (Å²) in [5.74, 6) is 0.375. The molecule has 0 bridgehead atoms. The summed E-state index contributed by atoms with van der Waals surface area (Å²) >= 11 is 0. The van der Waals surface area contributed by atoms with Crippen LogP contribution in [-0.2, 0) is 16.0 Å². The van der Waals surface area contributed by atoms with Gasteiger partial charge in [-0.25, -0.2) is 0 Å². The second-order valence-corrected chi connectivity index (χ2v) is 11.3. The van der Waals surface area contributed by atoms with E-state index in [2.05, 4.69) is 0 Å². The third kappa shape index (κ3) is 7.94. The molecule has 2 rings (SSSR count). The summed E-state index contributed by atoms with van der Waals surface area (Å²) in [5, 5.41) is 0. The number of ether oxygens (including phenoxy) is 4. The van der Waals surface area contributed by atoms with E-state index in [0.29, 0.717) is 40.5 Å². The molecule has 0 aromatic heterocycles. The van der Waals surface area contributed by atoms with Crippen LogP contribution in [0.3, 0.4) is 0 Å². The van der Waals surface area contributed by atoms with Crippen molar-refractivity contribution in [3.8, 4) is 23.0 Å². The van der Waals surface area contributed by atoms with Crippen molar-refractivity contribution < 1.29 is 33.3 Å². The lowest BCUT2D eigenvalue weighted by atomic mass is 9.97. The first-order valence-corrected chi connectivity index (χ1v) is 12.8. The van der Waals surface area contributed by atoms with E-state index < -0.39 is 16.8 Å². The largest absolute Gasteiger partial charge is 0.490 e. The third-order valence-corrected chi connectivity index (χ3v) is 5.42. The van der Waals surface area contributed by atoms with Gasteiger partial charge in [-0.1, -0.05) is 6.92 Å². The molecule has 7 heteroatoms. The van der Waals surface area contributed by atoms with Crippen LogP contribution in [0.25, 0.3) is 6.08 Å². The quantitative estimate of drug-likeness (QED) is 0.153. The van der Waals surface area contributed by atoms with Crippen LogP contribution in [0.4, 0.5) is 0 Å². The molecule has 0 N–H and O–H groups in total. The van der Waals surface area contributed by atoms with E-state index in [1.54, 1.807) is 71.9 Å². The van der Waals surface area contributed by atoms with Crippen molar-refractivity contribution in [1.82, 2.24) is 0 Å². The van der Waals surface area contributed by atoms with Crippen molar-refractivity contribution in [3.05, 3.63) is 53.1 Å². The summed E-state index contributed by atoms with van der Waals surface area (Å²) in [5.41, 5.74) is 0.452. The number of hydrogen-bond donors (Lipinski definition) is 0. The number of ketones is 1. The van der Waals surface area contributed by atoms with Crippen LogP contribution in [0.2, 0.25) is 0 Å². The van der Waals surface area contributed by atoms with Gasteiger partial charge in [0.1, 0.15) is 5.75 Å². The maximum atomic E-state index is 12.9. The highest BCUT2D eigenvalue weighted by Gasteiger charge is 2.29. The standard InChI is InChI=1S/C31H40O7/c1-11-20-18-22(26(36-19(2)3)27(35-10)25(20)38-29(34)31(7,8)9)14-17-24(32)21-12-15-23(16-13-21)37-28(33)30(4,5)6/h12-19H,11H2,1-10H3. The lowest BCUT2D eigenvalue weighted by Crippen LogP contribution is -2.26. The van der Waals surface area contributed by atoms with E-state index in [9.17, 15) is 14.4 Å². The molecule has 0 heterocycles. The number of carbonyl (C=O) groups is 3. The highest BCUT2D eigenvalue weighted by atomic mass is 16.6. The van der Waals surface area contributed by atoms with Crippen molar-refractivity contribution in [2.75, 3.05) is 7.11 Å². The molecule has 0 aliphatic rings. The van der Waals surface area contributed by atoms with Crippen LogP contribution in [0.1, 0.15) is 83.8 Å². The van der Waals surface area contributed by atoms with E-state index in [1.807, 2.05) is 26.8 Å². The molecule has 0 amide bonds. The summed E-state index contributed by atoms with van der Waals surface area (Å²) in [7, 11) is 1.49. The van der Waals surface area contributed by atoms with Gasteiger partial charge in [-0.3, -0.25) is 14.4 Å². The fourth-order valence-electron chi connectivity index (χ4n) is 3.19. The molecule has 0 fully saturated rings. The number of hydrogen-bond acceptors (Lipinski definition) is 7. The van der Waals surface area contributed by atoms with Crippen LogP contribution in [0.5, 0.6) is 23.0 Å². The van der Waals surface area contributed by atoms with Gasteiger partial charge in [0.05, 0.1) is 24.0 Å². The highest BCUT2D eigenvalue weighted by molar-refractivity contribution is 6.07. The number of methoxy groups -OCH3 is 1.